The first kappa shape index (κ1) is 16.9. The van der Waals surface area contributed by atoms with E-state index in [4.69, 9.17) is 9.47 Å². The predicted octanol–water partition coefficient (Wildman–Crippen LogP) is 2.08. The zero-order valence-corrected chi connectivity index (χ0v) is 13.8. The van der Waals surface area contributed by atoms with Crippen LogP contribution in [0.3, 0.4) is 0 Å². The lowest BCUT2D eigenvalue weighted by molar-refractivity contribution is -0.120. The largest absolute Gasteiger partial charge is 0.490 e. The minimum absolute atomic E-state index is 0.0535. The van der Waals surface area contributed by atoms with Crippen LogP contribution in [0, 0.1) is 0 Å². The fourth-order valence-corrected chi connectivity index (χ4v) is 2.20. The van der Waals surface area contributed by atoms with Crippen molar-refractivity contribution >= 4 is 5.91 Å². The molecule has 1 aromatic carbocycles. The molecule has 0 saturated heterocycles. The summed E-state index contributed by atoms with van der Waals surface area (Å²) in [6, 6.07) is 7.46. The highest BCUT2D eigenvalue weighted by Crippen LogP contribution is 2.28. The zero-order chi connectivity index (χ0) is 16.7. The number of hydrogen-bond acceptors (Lipinski definition) is 4. The molecule has 1 aromatic heterocycles. The SMILES string of the molecule is CCOc1ccc(CC(=O)NCc2ccn(C)n2)cc1OCC. The van der Waals surface area contributed by atoms with Crippen molar-refractivity contribution in [1.82, 2.24) is 15.1 Å². The number of carbonyl (C=O) groups is 1. The molecular weight excluding hydrogens is 294 g/mol. The second-order valence-corrected chi connectivity index (χ2v) is 5.08. The second-order valence-electron chi connectivity index (χ2n) is 5.08. The Morgan fingerprint density at radius 3 is 2.57 bits per heavy atom. The number of rotatable bonds is 8. The van der Waals surface area contributed by atoms with Crippen molar-refractivity contribution in [2.45, 2.75) is 26.8 Å². The Kier molecular flexibility index (Phi) is 6.02. The monoisotopic (exact) mass is 317 g/mol. The van der Waals surface area contributed by atoms with Crippen molar-refractivity contribution < 1.29 is 14.3 Å². The van der Waals surface area contributed by atoms with Crippen molar-refractivity contribution in [1.29, 1.82) is 0 Å². The van der Waals surface area contributed by atoms with Gasteiger partial charge in [0.2, 0.25) is 5.91 Å². The molecule has 6 heteroatoms. The molecule has 0 saturated carbocycles. The van der Waals surface area contributed by atoms with Crippen LogP contribution in [0.4, 0.5) is 0 Å². The van der Waals surface area contributed by atoms with Crippen LogP contribution >= 0.6 is 0 Å². The van der Waals surface area contributed by atoms with E-state index < -0.39 is 0 Å². The van der Waals surface area contributed by atoms with Gasteiger partial charge in [0.25, 0.3) is 0 Å². The van der Waals surface area contributed by atoms with Crippen molar-refractivity contribution in [3.8, 4) is 11.5 Å². The minimum Gasteiger partial charge on any atom is -0.490 e. The van der Waals surface area contributed by atoms with E-state index in [-0.39, 0.29) is 5.91 Å². The fraction of sp³-hybridized carbons (Fsp3) is 0.412. The summed E-state index contributed by atoms with van der Waals surface area (Å²) in [7, 11) is 1.85. The van der Waals surface area contributed by atoms with Gasteiger partial charge in [0.15, 0.2) is 11.5 Å². The Balaban J connectivity index is 1.95. The lowest BCUT2D eigenvalue weighted by atomic mass is 10.1. The van der Waals surface area contributed by atoms with E-state index in [1.54, 1.807) is 4.68 Å². The Morgan fingerprint density at radius 2 is 1.91 bits per heavy atom. The Hall–Kier alpha value is -2.50. The number of aromatic nitrogens is 2. The number of amides is 1. The molecular formula is C17H23N3O3. The number of nitrogens with one attached hydrogen (secondary N) is 1. The third kappa shape index (κ3) is 5.02. The van der Waals surface area contributed by atoms with Crippen molar-refractivity contribution in [3.63, 3.8) is 0 Å². The molecule has 1 N–H and O–H groups in total. The van der Waals surface area contributed by atoms with E-state index in [2.05, 4.69) is 10.4 Å². The molecule has 0 aliphatic heterocycles. The number of nitrogens with zero attached hydrogens (tertiary/aromatic N) is 2. The Labute approximate surface area is 136 Å². The molecule has 1 amide bonds. The van der Waals surface area contributed by atoms with Gasteiger partial charge in [0.05, 0.1) is 31.9 Å². The molecule has 0 atom stereocenters. The van der Waals surface area contributed by atoms with E-state index in [1.165, 1.54) is 0 Å². The maximum absolute atomic E-state index is 12.1. The van der Waals surface area contributed by atoms with E-state index in [0.29, 0.717) is 37.7 Å². The maximum Gasteiger partial charge on any atom is 0.224 e. The molecule has 0 unspecified atom stereocenters. The zero-order valence-electron chi connectivity index (χ0n) is 13.8. The van der Waals surface area contributed by atoms with Crippen LogP contribution in [0.5, 0.6) is 11.5 Å². The minimum atomic E-state index is -0.0535. The topological polar surface area (TPSA) is 65.4 Å². The van der Waals surface area contributed by atoms with Gasteiger partial charge in [-0.15, -0.1) is 0 Å². The summed E-state index contributed by atoms with van der Waals surface area (Å²) >= 11 is 0. The molecule has 0 radical (unpaired) electrons. The van der Waals surface area contributed by atoms with Crippen molar-refractivity contribution in [3.05, 3.63) is 41.7 Å². The molecule has 0 spiro atoms. The molecule has 0 aliphatic rings. The summed E-state index contributed by atoms with van der Waals surface area (Å²) in [6.07, 6.45) is 2.14. The quantitative estimate of drug-likeness (QED) is 0.809. The summed E-state index contributed by atoms with van der Waals surface area (Å²) in [5.74, 6) is 1.32. The summed E-state index contributed by atoms with van der Waals surface area (Å²) in [6.45, 7) is 5.39. The van der Waals surface area contributed by atoms with Gasteiger partial charge in [-0.25, -0.2) is 0 Å². The smallest absolute Gasteiger partial charge is 0.224 e. The molecule has 2 rings (SSSR count). The van der Waals surface area contributed by atoms with Crippen LogP contribution < -0.4 is 14.8 Å². The average Bonchev–Trinajstić information content (AvgIpc) is 2.94. The number of aryl methyl sites for hydroxylation is 1. The lowest BCUT2D eigenvalue weighted by Crippen LogP contribution is -2.24. The molecule has 0 fully saturated rings. The summed E-state index contributed by atoms with van der Waals surface area (Å²) in [5.41, 5.74) is 1.72. The fourth-order valence-electron chi connectivity index (χ4n) is 2.20. The van der Waals surface area contributed by atoms with E-state index in [9.17, 15) is 4.79 Å². The second kappa shape index (κ2) is 8.22. The Bertz CT molecular complexity index is 652. The van der Waals surface area contributed by atoms with Crippen LogP contribution in [0.1, 0.15) is 25.1 Å². The van der Waals surface area contributed by atoms with E-state index in [1.807, 2.05) is 51.4 Å². The van der Waals surface area contributed by atoms with Crippen LogP contribution in [0.2, 0.25) is 0 Å². The predicted molar refractivity (Wildman–Crippen MR) is 87.5 cm³/mol. The third-order valence-corrected chi connectivity index (χ3v) is 3.21. The highest BCUT2D eigenvalue weighted by atomic mass is 16.5. The first-order valence-corrected chi connectivity index (χ1v) is 7.76. The normalized spacial score (nSPS) is 10.4. The first-order chi connectivity index (χ1) is 11.1. The van der Waals surface area contributed by atoms with Gasteiger partial charge in [-0.05, 0) is 37.6 Å². The lowest BCUT2D eigenvalue weighted by Gasteiger charge is -2.12. The van der Waals surface area contributed by atoms with E-state index >= 15 is 0 Å². The van der Waals surface area contributed by atoms with Gasteiger partial charge < -0.3 is 14.8 Å². The highest BCUT2D eigenvalue weighted by Gasteiger charge is 2.09. The molecule has 124 valence electrons. The number of carbonyl (C=O) groups excluding carboxylic acids is 1. The van der Waals surface area contributed by atoms with Gasteiger partial charge in [-0.1, -0.05) is 6.07 Å². The van der Waals surface area contributed by atoms with Crippen molar-refractivity contribution in [2.24, 2.45) is 7.05 Å². The number of hydrogen-bond donors (Lipinski definition) is 1. The third-order valence-electron chi connectivity index (χ3n) is 3.21. The molecule has 1 heterocycles. The van der Waals surface area contributed by atoms with Crippen LogP contribution in [-0.4, -0.2) is 28.9 Å². The average molecular weight is 317 g/mol. The molecule has 6 nitrogen and oxygen atoms in total. The summed E-state index contributed by atoms with van der Waals surface area (Å²) in [4.78, 5) is 12.1. The number of benzene rings is 1. The standard InChI is InChI=1S/C17H23N3O3/c1-4-22-15-7-6-13(10-16(15)23-5-2)11-17(21)18-12-14-8-9-20(3)19-14/h6-10H,4-5,11-12H2,1-3H3,(H,18,21). The van der Waals surface area contributed by atoms with E-state index in [0.717, 1.165) is 11.3 Å². The first-order valence-electron chi connectivity index (χ1n) is 7.76. The summed E-state index contributed by atoms with van der Waals surface area (Å²) < 4.78 is 12.8. The summed E-state index contributed by atoms with van der Waals surface area (Å²) in [5, 5.41) is 7.09. The molecule has 2 aromatic rings. The van der Waals surface area contributed by atoms with Gasteiger partial charge in [-0.3, -0.25) is 9.48 Å². The van der Waals surface area contributed by atoms with Gasteiger partial charge in [0.1, 0.15) is 0 Å². The molecule has 0 bridgehead atoms. The van der Waals surface area contributed by atoms with Crippen LogP contribution in [0.15, 0.2) is 30.5 Å². The Morgan fingerprint density at radius 1 is 1.17 bits per heavy atom. The van der Waals surface area contributed by atoms with Crippen LogP contribution in [0.25, 0.3) is 0 Å². The van der Waals surface area contributed by atoms with Gasteiger partial charge in [-0.2, -0.15) is 5.10 Å². The van der Waals surface area contributed by atoms with Crippen molar-refractivity contribution in [2.75, 3.05) is 13.2 Å². The number of ether oxygens (including phenoxy) is 2. The molecule has 0 aliphatic carbocycles. The molecule has 23 heavy (non-hydrogen) atoms. The van der Waals surface area contributed by atoms with Gasteiger partial charge in [0, 0.05) is 13.2 Å². The van der Waals surface area contributed by atoms with Gasteiger partial charge >= 0.3 is 0 Å². The maximum atomic E-state index is 12.1. The van der Waals surface area contributed by atoms with Crippen LogP contribution in [-0.2, 0) is 24.8 Å². The highest BCUT2D eigenvalue weighted by molar-refractivity contribution is 5.78.